The molecule has 0 aliphatic carbocycles. The third-order valence-electron chi connectivity index (χ3n) is 3.56. The molecule has 2 atom stereocenters. The fourth-order valence-electron chi connectivity index (χ4n) is 1.94. The molecule has 0 saturated carbocycles. The summed E-state index contributed by atoms with van der Waals surface area (Å²) in [6.45, 7) is 8.37. The van der Waals surface area contributed by atoms with Gasteiger partial charge in [-0.1, -0.05) is 13.8 Å². The van der Waals surface area contributed by atoms with E-state index < -0.39 is 5.54 Å². The highest BCUT2D eigenvalue weighted by Gasteiger charge is 2.40. The van der Waals surface area contributed by atoms with Gasteiger partial charge in [0.15, 0.2) is 0 Å². The van der Waals surface area contributed by atoms with Crippen LogP contribution in [0.5, 0.6) is 0 Å². The lowest BCUT2D eigenvalue weighted by Crippen LogP contribution is -2.56. The Kier molecular flexibility index (Phi) is 3.94. The summed E-state index contributed by atoms with van der Waals surface area (Å²) in [6.07, 6.45) is 1.95. The Morgan fingerprint density at radius 3 is 2.56 bits per heavy atom. The van der Waals surface area contributed by atoms with E-state index in [0.29, 0.717) is 19.4 Å². The summed E-state index contributed by atoms with van der Waals surface area (Å²) < 4.78 is 0. The maximum atomic E-state index is 12.4. The van der Waals surface area contributed by atoms with Crippen molar-refractivity contribution in [3.05, 3.63) is 0 Å². The number of nitrogens with one attached hydrogen (secondary N) is 1. The molecule has 1 heterocycles. The van der Waals surface area contributed by atoms with Crippen LogP contribution < -0.4 is 5.32 Å². The average Bonchev–Trinajstić information content (AvgIpc) is 2.37. The van der Waals surface area contributed by atoms with Crippen molar-refractivity contribution in [3.63, 3.8) is 0 Å². The van der Waals surface area contributed by atoms with Crippen LogP contribution in [0.15, 0.2) is 0 Å². The lowest BCUT2D eigenvalue weighted by molar-refractivity contribution is -0.140. The summed E-state index contributed by atoms with van der Waals surface area (Å²) in [6, 6.07) is 0.200. The smallest absolute Gasteiger partial charge is 0.248 e. The number of hydrogen-bond donors (Lipinski definition) is 1. The van der Waals surface area contributed by atoms with Crippen molar-refractivity contribution in [1.29, 1.82) is 0 Å². The monoisotopic (exact) mass is 226 g/mol. The predicted octanol–water partition coefficient (Wildman–Crippen LogP) is 1.30. The lowest BCUT2D eigenvalue weighted by atomic mass is 9.96. The van der Waals surface area contributed by atoms with Gasteiger partial charge in [-0.25, -0.2) is 0 Å². The van der Waals surface area contributed by atoms with Gasteiger partial charge in [-0.15, -0.1) is 0 Å². The Balaban J connectivity index is 2.96. The minimum atomic E-state index is -0.725. The molecule has 1 fully saturated rings. The van der Waals surface area contributed by atoms with Crippen molar-refractivity contribution >= 4 is 11.8 Å². The predicted molar refractivity (Wildman–Crippen MR) is 62.9 cm³/mol. The van der Waals surface area contributed by atoms with Gasteiger partial charge in [-0.2, -0.15) is 0 Å². The second-order valence-corrected chi connectivity index (χ2v) is 4.74. The van der Waals surface area contributed by atoms with Crippen LogP contribution in [-0.2, 0) is 9.59 Å². The molecule has 0 aromatic carbocycles. The summed E-state index contributed by atoms with van der Waals surface area (Å²) in [5, 5.41) is 2.83. The normalized spacial score (nSPS) is 28.6. The molecule has 0 radical (unpaired) electrons. The molecule has 1 aliphatic heterocycles. The zero-order chi connectivity index (χ0) is 12.3. The molecule has 92 valence electrons. The average molecular weight is 226 g/mol. The third-order valence-corrected chi connectivity index (χ3v) is 3.56. The van der Waals surface area contributed by atoms with Crippen molar-refractivity contribution in [3.8, 4) is 0 Å². The van der Waals surface area contributed by atoms with Crippen molar-refractivity contribution in [2.24, 2.45) is 0 Å². The minimum absolute atomic E-state index is 0.0245. The molecule has 2 amide bonds. The van der Waals surface area contributed by atoms with Crippen molar-refractivity contribution in [1.82, 2.24) is 10.2 Å². The van der Waals surface area contributed by atoms with Gasteiger partial charge in [-0.3, -0.25) is 9.59 Å². The van der Waals surface area contributed by atoms with E-state index >= 15 is 0 Å². The molecule has 4 heteroatoms. The molecule has 2 unspecified atom stereocenters. The Morgan fingerprint density at radius 1 is 1.44 bits per heavy atom. The van der Waals surface area contributed by atoms with Crippen molar-refractivity contribution in [2.45, 2.75) is 58.5 Å². The number of nitrogens with zero attached hydrogens (tertiary/aromatic N) is 1. The van der Waals surface area contributed by atoms with Crippen LogP contribution in [0.2, 0.25) is 0 Å². The van der Waals surface area contributed by atoms with Gasteiger partial charge in [0.05, 0.1) is 0 Å². The number of carbonyl (C=O) groups is 2. The van der Waals surface area contributed by atoms with E-state index in [-0.39, 0.29) is 17.9 Å². The van der Waals surface area contributed by atoms with Crippen LogP contribution >= 0.6 is 0 Å². The van der Waals surface area contributed by atoms with E-state index in [2.05, 4.69) is 12.2 Å². The minimum Gasteiger partial charge on any atom is -0.342 e. The maximum absolute atomic E-state index is 12.4. The summed E-state index contributed by atoms with van der Waals surface area (Å²) in [5.74, 6) is 0.0266. The van der Waals surface area contributed by atoms with Crippen LogP contribution in [0.4, 0.5) is 0 Å². The molecule has 0 aromatic rings. The van der Waals surface area contributed by atoms with E-state index in [4.69, 9.17) is 0 Å². The van der Waals surface area contributed by atoms with Gasteiger partial charge in [0, 0.05) is 19.0 Å². The largest absolute Gasteiger partial charge is 0.342 e. The van der Waals surface area contributed by atoms with Crippen LogP contribution in [0.25, 0.3) is 0 Å². The van der Waals surface area contributed by atoms with Crippen molar-refractivity contribution < 1.29 is 9.59 Å². The molecule has 0 aromatic heterocycles. The second kappa shape index (κ2) is 4.85. The topological polar surface area (TPSA) is 49.4 Å². The van der Waals surface area contributed by atoms with Gasteiger partial charge in [-0.05, 0) is 26.7 Å². The van der Waals surface area contributed by atoms with Crippen molar-refractivity contribution in [2.75, 3.05) is 6.54 Å². The molecular formula is C12H22N2O2. The maximum Gasteiger partial charge on any atom is 0.248 e. The number of carbonyl (C=O) groups excluding carboxylic acids is 2. The third kappa shape index (κ3) is 2.36. The molecule has 1 aliphatic rings. The van der Waals surface area contributed by atoms with Gasteiger partial charge in [0.25, 0.3) is 0 Å². The van der Waals surface area contributed by atoms with E-state index in [9.17, 15) is 9.59 Å². The quantitative estimate of drug-likeness (QED) is 0.788. The molecule has 0 spiro atoms. The second-order valence-electron chi connectivity index (χ2n) is 4.74. The standard InChI is InChI=1S/C12H22N2O2/c1-5-9(3)14-8-7-10(15)13-12(4,6-2)11(14)16/h9H,5-8H2,1-4H3,(H,13,15). The molecule has 4 nitrogen and oxygen atoms in total. The Hall–Kier alpha value is -1.06. The SMILES string of the molecule is CCC(C)N1CCC(=O)NC(C)(CC)C1=O. The first-order chi connectivity index (χ1) is 7.44. The van der Waals surface area contributed by atoms with E-state index in [1.807, 2.05) is 25.7 Å². The fourth-order valence-corrected chi connectivity index (χ4v) is 1.94. The molecule has 1 saturated heterocycles. The Labute approximate surface area is 97.4 Å². The first-order valence-corrected chi connectivity index (χ1v) is 6.06. The van der Waals surface area contributed by atoms with Gasteiger partial charge < -0.3 is 10.2 Å². The lowest BCUT2D eigenvalue weighted by Gasteiger charge is -2.34. The van der Waals surface area contributed by atoms with E-state index in [1.54, 1.807) is 0 Å². The summed E-state index contributed by atoms with van der Waals surface area (Å²) in [5.41, 5.74) is -0.725. The molecular weight excluding hydrogens is 204 g/mol. The van der Waals surface area contributed by atoms with Crippen LogP contribution in [-0.4, -0.2) is 34.8 Å². The van der Waals surface area contributed by atoms with E-state index in [0.717, 1.165) is 6.42 Å². The first kappa shape index (κ1) is 13.0. The van der Waals surface area contributed by atoms with E-state index in [1.165, 1.54) is 0 Å². The Morgan fingerprint density at radius 2 is 2.06 bits per heavy atom. The highest BCUT2D eigenvalue weighted by molar-refractivity contribution is 5.93. The number of amides is 2. The Bertz CT molecular complexity index is 291. The number of hydrogen-bond acceptors (Lipinski definition) is 2. The molecule has 16 heavy (non-hydrogen) atoms. The van der Waals surface area contributed by atoms with Gasteiger partial charge in [0.1, 0.15) is 5.54 Å². The first-order valence-electron chi connectivity index (χ1n) is 6.06. The zero-order valence-electron chi connectivity index (χ0n) is 10.7. The van der Waals surface area contributed by atoms with Crippen LogP contribution in [0, 0.1) is 0 Å². The summed E-state index contributed by atoms with van der Waals surface area (Å²) in [4.78, 5) is 25.8. The fraction of sp³-hybridized carbons (Fsp3) is 0.833. The molecule has 1 rings (SSSR count). The van der Waals surface area contributed by atoms with Gasteiger partial charge >= 0.3 is 0 Å². The van der Waals surface area contributed by atoms with Gasteiger partial charge in [0.2, 0.25) is 11.8 Å². The number of rotatable bonds is 3. The molecule has 0 bridgehead atoms. The van der Waals surface area contributed by atoms with Crippen LogP contribution in [0.1, 0.15) is 47.0 Å². The summed E-state index contributed by atoms with van der Waals surface area (Å²) in [7, 11) is 0. The van der Waals surface area contributed by atoms with Crippen LogP contribution in [0.3, 0.4) is 0 Å². The molecule has 1 N–H and O–H groups in total. The highest BCUT2D eigenvalue weighted by Crippen LogP contribution is 2.20. The zero-order valence-corrected chi connectivity index (χ0v) is 10.7. The highest BCUT2D eigenvalue weighted by atomic mass is 16.2. The summed E-state index contributed by atoms with van der Waals surface area (Å²) >= 11 is 0.